The van der Waals surface area contributed by atoms with Gasteiger partial charge in [-0.05, 0) is 18.6 Å². The molecule has 2 saturated heterocycles. The first-order chi connectivity index (χ1) is 11.6. The van der Waals surface area contributed by atoms with Crippen LogP contribution in [0.25, 0.3) is 0 Å². The third-order valence-corrected chi connectivity index (χ3v) is 4.10. The number of hydrogen-bond donors (Lipinski definition) is 1. The van der Waals surface area contributed by atoms with Crippen LogP contribution in [0.5, 0.6) is 0 Å². The molecule has 3 rings (SSSR count). The molecule has 4 amide bonds. The summed E-state index contributed by atoms with van der Waals surface area (Å²) in [5, 5.41) is 2.58. The van der Waals surface area contributed by atoms with Crippen molar-refractivity contribution < 1.29 is 23.9 Å². The number of likely N-dealkylation sites (tertiary alicyclic amines) is 1. The Labute approximate surface area is 138 Å². The molecule has 8 nitrogen and oxygen atoms in total. The zero-order chi connectivity index (χ0) is 17.1. The average Bonchev–Trinajstić information content (AvgIpc) is 3.20. The third kappa shape index (κ3) is 3.22. The summed E-state index contributed by atoms with van der Waals surface area (Å²) in [6.45, 7) is 0.331. The lowest BCUT2D eigenvalue weighted by Gasteiger charge is -2.20. The van der Waals surface area contributed by atoms with E-state index in [9.17, 15) is 19.2 Å². The molecule has 126 valence electrons. The van der Waals surface area contributed by atoms with E-state index >= 15 is 0 Å². The van der Waals surface area contributed by atoms with Crippen molar-refractivity contribution in [1.29, 1.82) is 0 Å². The molecule has 0 aliphatic carbocycles. The second-order valence-corrected chi connectivity index (χ2v) is 5.65. The molecule has 0 radical (unpaired) electrons. The van der Waals surface area contributed by atoms with E-state index in [0.29, 0.717) is 18.5 Å². The molecular formula is C16H17N3O5. The van der Waals surface area contributed by atoms with Crippen LogP contribution in [0.3, 0.4) is 0 Å². The molecule has 2 aliphatic rings. The molecular weight excluding hydrogens is 314 g/mol. The topological polar surface area (TPSA) is 96.0 Å². The number of nitrogens with one attached hydrogen (secondary N) is 1. The molecule has 0 bridgehead atoms. The highest BCUT2D eigenvalue weighted by Gasteiger charge is 2.41. The lowest BCUT2D eigenvalue weighted by molar-refractivity contribution is -0.130. The second kappa shape index (κ2) is 6.69. The summed E-state index contributed by atoms with van der Waals surface area (Å²) < 4.78 is 4.69. The van der Waals surface area contributed by atoms with Gasteiger partial charge in [-0.1, -0.05) is 18.2 Å². The first-order valence-corrected chi connectivity index (χ1v) is 7.66. The van der Waals surface area contributed by atoms with Crippen LogP contribution < -0.4 is 5.32 Å². The van der Waals surface area contributed by atoms with Gasteiger partial charge in [-0.15, -0.1) is 0 Å². The SMILES string of the molecule is O=C(NCC(=O)N1CC[C@@H](N2C(=O)COC2=O)C1)c1ccccc1. The van der Waals surface area contributed by atoms with E-state index in [1.54, 1.807) is 30.3 Å². The zero-order valence-electron chi connectivity index (χ0n) is 12.9. The minimum absolute atomic E-state index is 0.126. The summed E-state index contributed by atoms with van der Waals surface area (Å²) in [6, 6.07) is 8.26. The maximum atomic E-state index is 12.2. The fourth-order valence-corrected chi connectivity index (χ4v) is 2.86. The quantitative estimate of drug-likeness (QED) is 0.837. The molecule has 1 N–H and O–H groups in total. The number of cyclic esters (lactones) is 1. The number of rotatable bonds is 4. The van der Waals surface area contributed by atoms with Gasteiger partial charge >= 0.3 is 6.09 Å². The van der Waals surface area contributed by atoms with Crippen LogP contribution in [0.4, 0.5) is 4.79 Å². The minimum Gasteiger partial charge on any atom is -0.439 e. The van der Waals surface area contributed by atoms with Crippen molar-refractivity contribution in [2.24, 2.45) is 0 Å². The van der Waals surface area contributed by atoms with Gasteiger partial charge in [0.25, 0.3) is 11.8 Å². The van der Waals surface area contributed by atoms with Gasteiger partial charge in [0.2, 0.25) is 5.91 Å². The molecule has 1 atom stereocenters. The van der Waals surface area contributed by atoms with E-state index in [4.69, 9.17) is 4.74 Å². The van der Waals surface area contributed by atoms with Gasteiger partial charge in [0.15, 0.2) is 6.61 Å². The van der Waals surface area contributed by atoms with Gasteiger partial charge in [-0.2, -0.15) is 0 Å². The Morgan fingerprint density at radius 1 is 1.21 bits per heavy atom. The van der Waals surface area contributed by atoms with E-state index < -0.39 is 6.09 Å². The van der Waals surface area contributed by atoms with Crippen LogP contribution in [-0.2, 0) is 14.3 Å². The Kier molecular flexibility index (Phi) is 4.45. The van der Waals surface area contributed by atoms with Crippen LogP contribution in [0.15, 0.2) is 30.3 Å². The standard InChI is InChI=1S/C16H17N3O5/c20-13(8-17-15(22)11-4-2-1-3-5-11)18-7-6-12(9-18)19-14(21)10-24-16(19)23/h1-5,12H,6-10H2,(H,17,22)/t12-/m1/s1. The van der Waals surface area contributed by atoms with E-state index in [-0.39, 0.29) is 43.5 Å². The number of ether oxygens (including phenoxy) is 1. The van der Waals surface area contributed by atoms with Crippen molar-refractivity contribution in [3.63, 3.8) is 0 Å². The summed E-state index contributed by atoms with van der Waals surface area (Å²) in [7, 11) is 0. The highest BCUT2D eigenvalue weighted by Crippen LogP contribution is 2.20. The van der Waals surface area contributed by atoms with Gasteiger partial charge in [-0.3, -0.25) is 14.4 Å². The number of hydrogen-bond acceptors (Lipinski definition) is 5. The van der Waals surface area contributed by atoms with Gasteiger partial charge in [-0.25, -0.2) is 9.69 Å². The predicted molar refractivity (Wildman–Crippen MR) is 82.0 cm³/mol. The maximum absolute atomic E-state index is 12.2. The Balaban J connectivity index is 1.51. The minimum atomic E-state index is -0.656. The predicted octanol–water partition coefficient (Wildman–Crippen LogP) is -0.00390. The summed E-state index contributed by atoms with van der Waals surface area (Å²) in [5.41, 5.74) is 0.481. The average molecular weight is 331 g/mol. The lowest BCUT2D eigenvalue weighted by Crippen LogP contribution is -2.44. The van der Waals surface area contributed by atoms with Crippen LogP contribution in [-0.4, -0.2) is 65.9 Å². The summed E-state index contributed by atoms with van der Waals surface area (Å²) >= 11 is 0. The number of imide groups is 1. The molecule has 1 aromatic rings. The summed E-state index contributed by atoms with van der Waals surface area (Å²) in [4.78, 5) is 49.9. The van der Waals surface area contributed by atoms with E-state index in [2.05, 4.69) is 5.32 Å². The van der Waals surface area contributed by atoms with Crippen LogP contribution >= 0.6 is 0 Å². The normalized spacial score (nSPS) is 20.2. The molecule has 8 heteroatoms. The Morgan fingerprint density at radius 2 is 1.96 bits per heavy atom. The smallest absolute Gasteiger partial charge is 0.417 e. The number of nitrogens with zero attached hydrogens (tertiary/aromatic N) is 2. The lowest BCUT2D eigenvalue weighted by atomic mass is 10.2. The maximum Gasteiger partial charge on any atom is 0.417 e. The van der Waals surface area contributed by atoms with Crippen molar-refractivity contribution in [3.05, 3.63) is 35.9 Å². The Bertz CT molecular complexity index is 660. The van der Waals surface area contributed by atoms with Crippen LogP contribution in [0, 0.1) is 0 Å². The number of carbonyl (C=O) groups excluding carboxylic acids is 4. The van der Waals surface area contributed by atoms with Crippen molar-refractivity contribution in [2.75, 3.05) is 26.2 Å². The number of carbonyl (C=O) groups is 4. The van der Waals surface area contributed by atoms with E-state index in [1.165, 1.54) is 4.90 Å². The molecule has 1 aromatic carbocycles. The Morgan fingerprint density at radius 3 is 2.62 bits per heavy atom. The van der Waals surface area contributed by atoms with E-state index in [0.717, 1.165) is 4.90 Å². The van der Waals surface area contributed by atoms with Crippen molar-refractivity contribution >= 4 is 23.8 Å². The molecule has 2 fully saturated rings. The number of benzene rings is 1. The molecule has 24 heavy (non-hydrogen) atoms. The molecule has 2 aliphatic heterocycles. The zero-order valence-corrected chi connectivity index (χ0v) is 12.9. The summed E-state index contributed by atoms with van der Waals surface area (Å²) in [5.74, 6) is -0.948. The largest absolute Gasteiger partial charge is 0.439 e. The second-order valence-electron chi connectivity index (χ2n) is 5.65. The van der Waals surface area contributed by atoms with Crippen LogP contribution in [0.2, 0.25) is 0 Å². The highest BCUT2D eigenvalue weighted by atomic mass is 16.6. The number of amides is 4. The van der Waals surface area contributed by atoms with Gasteiger partial charge in [0.05, 0.1) is 12.6 Å². The molecule has 0 aromatic heterocycles. The molecule has 2 heterocycles. The van der Waals surface area contributed by atoms with Gasteiger partial charge < -0.3 is 15.0 Å². The third-order valence-electron chi connectivity index (χ3n) is 4.10. The van der Waals surface area contributed by atoms with E-state index in [1.807, 2.05) is 0 Å². The van der Waals surface area contributed by atoms with Gasteiger partial charge in [0, 0.05) is 18.7 Å². The first-order valence-electron chi connectivity index (χ1n) is 7.66. The van der Waals surface area contributed by atoms with Crippen LogP contribution in [0.1, 0.15) is 16.8 Å². The highest BCUT2D eigenvalue weighted by molar-refractivity contribution is 5.98. The molecule has 0 spiro atoms. The van der Waals surface area contributed by atoms with Crippen molar-refractivity contribution in [3.8, 4) is 0 Å². The van der Waals surface area contributed by atoms with Crippen molar-refractivity contribution in [2.45, 2.75) is 12.5 Å². The molecule has 0 saturated carbocycles. The fraction of sp³-hybridized carbons (Fsp3) is 0.375. The Hall–Kier alpha value is -2.90. The molecule has 0 unspecified atom stereocenters. The van der Waals surface area contributed by atoms with Gasteiger partial charge in [0.1, 0.15) is 0 Å². The summed E-state index contributed by atoms with van der Waals surface area (Å²) in [6.07, 6.45) is -0.143. The monoisotopic (exact) mass is 331 g/mol. The van der Waals surface area contributed by atoms with Crippen molar-refractivity contribution in [1.82, 2.24) is 15.1 Å². The first kappa shape index (κ1) is 16.0. The fourth-order valence-electron chi connectivity index (χ4n) is 2.86.